The Bertz CT molecular complexity index is 1360. The highest BCUT2D eigenvalue weighted by Gasteiger charge is 2.33. The van der Waals surface area contributed by atoms with Crippen molar-refractivity contribution in [2.75, 3.05) is 18.5 Å². The molecule has 1 atom stereocenters. The fourth-order valence-corrected chi connectivity index (χ4v) is 5.60. The Kier molecular flexibility index (Phi) is 8.63. The zero-order valence-electron chi connectivity index (χ0n) is 21.8. The van der Waals surface area contributed by atoms with Crippen molar-refractivity contribution in [1.29, 1.82) is 0 Å². The Hall–Kier alpha value is -3.10. The van der Waals surface area contributed by atoms with Crippen molar-refractivity contribution in [3.63, 3.8) is 0 Å². The van der Waals surface area contributed by atoms with Crippen molar-refractivity contribution >= 4 is 45.2 Å². The van der Waals surface area contributed by atoms with E-state index in [1.807, 2.05) is 26.0 Å². The van der Waals surface area contributed by atoms with Gasteiger partial charge in [-0.3, -0.25) is 4.79 Å². The fraction of sp³-hybridized carbons (Fsp3) is 0.310. The molecule has 1 aliphatic rings. The summed E-state index contributed by atoms with van der Waals surface area (Å²) in [5.74, 6) is 0.600. The molecular formula is C29H30BrClFN3O3. The third-order valence-corrected chi connectivity index (χ3v) is 7.42. The van der Waals surface area contributed by atoms with Crippen LogP contribution in [0, 0.1) is 26.6 Å². The number of nitrogens with one attached hydrogen (secondary N) is 1. The smallest absolute Gasteiger partial charge is 0.318 e. The van der Waals surface area contributed by atoms with E-state index in [0.717, 1.165) is 33.3 Å². The van der Waals surface area contributed by atoms with Crippen molar-refractivity contribution in [3.05, 3.63) is 86.1 Å². The quantitative estimate of drug-likeness (QED) is 0.322. The molecule has 3 aromatic rings. The number of piperidine rings is 1. The Morgan fingerprint density at radius 1 is 1.11 bits per heavy atom. The number of benzene rings is 3. The normalized spacial score (nSPS) is 15.4. The summed E-state index contributed by atoms with van der Waals surface area (Å²) in [5.41, 5.74) is 4.12. The number of ether oxygens (including phenoxy) is 1. The molecule has 1 saturated heterocycles. The van der Waals surface area contributed by atoms with E-state index in [2.05, 4.69) is 21.2 Å². The van der Waals surface area contributed by atoms with Crippen molar-refractivity contribution in [2.45, 2.75) is 46.2 Å². The van der Waals surface area contributed by atoms with Gasteiger partial charge in [0.15, 0.2) is 0 Å². The second-order valence-electron chi connectivity index (χ2n) is 9.64. The van der Waals surface area contributed by atoms with Gasteiger partial charge in [0.1, 0.15) is 23.4 Å². The standard InChI is InChI=1S/C29H30BrClFN3O3/c1-17-14-22(9-10-25(17)32)38-23-8-7-20(24(31)15-23)16-34(4)29(37)33-26-6-5-11-35(28(26)36)27-18(2)12-21(30)13-19(27)3/h7-10,12-15,26H,5-6,11,16H2,1-4H3,(H,33,37). The minimum Gasteiger partial charge on any atom is -0.457 e. The summed E-state index contributed by atoms with van der Waals surface area (Å²) in [5, 5.41) is 3.33. The number of carbonyl (C=O) groups excluding carboxylic acids is 2. The zero-order valence-corrected chi connectivity index (χ0v) is 24.1. The summed E-state index contributed by atoms with van der Waals surface area (Å²) in [6.45, 7) is 6.50. The van der Waals surface area contributed by atoms with Crippen LogP contribution in [-0.2, 0) is 11.3 Å². The molecule has 9 heteroatoms. The topological polar surface area (TPSA) is 61.9 Å². The van der Waals surface area contributed by atoms with Gasteiger partial charge in [0, 0.05) is 35.3 Å². The Balaban J connectivity index is 1.39. The molecule has 4 rings (SSSR count). The predicted octanol–water partition coefficient (Wildman–Crippen LogP) is 7.30. The summed E-state index contributed by atoms with van der Waals surface area (Å²) in [4.78, 5) is 29.6. The van der Waals surface area contributed by atoms with Gasteiger partial charge in [-0.1, -0.05) is 33.6 Å². The first kappa shape index (κ1) is 27.9. The van der Waals surface area contributed by atoms with Gasteiger partial charge in [0.2, 0.25) is 5.91 Å². The second kappa shape index (κ2) is 11.7. The van der Waals surface area contributed by atoms with E-state index in [1.165, 1.54) is 11.0 Å². The molecule has 0 bridgehead atoms. The predicted molar refractivity (Wildman–Crippen MR) is 152 cm³/mol. The molecule has 0 aromatic heterocycles. The molecule has 1 aliphatic heterocycles. The molecular weight excluding hydrogens is 573 g/mol. The van der Waals surface area contributed by atoms with Crippen LogP contribution < -0.4 is 15.0 Å². The molecule has 0 radical (unpaired) electrons. The molecule has 200 valence electrons. The maximum Gasteiger partial charge on any atom is 0.318 e. The van der Waals surface area contributed by atoms with Gasteiger partial charge in [-0.2, -0.15) is 0 Å². The summed E-state index contributed by atoms with van der Waals surface area (Å²) in [6, 6.07) is 12.7. The maximum absolute atomic E-state index is 13.5. The van der Waals surface area contributed by atoms with Gasteiger partial charge in [0.05, 0.1) is 0 Å². The highest BCUT2D eigenvalue weighted by molar-refractivity contribution is 9.10. The Morgan fingerprint density at radius 3 is 2.42 bits per heavy atom. The number of nitrogens with zero attached hydrogens (tertiary/aromatic N) is 2. The number of halogens is 3. The van der Waals surface area contributed by atoms with Crippen LogP contribution in [-0.4, -0.2) is 36.5 Å². The molecule has 0 spiro atoms. The first-order chi connectivity index (χ1) is 18.0. The molecule has 6 nitrogen and oxygen atoms in total. The van der Waals surface area contributed by atoms with E-state index in [0.29, 0.717) is 35.1 Å². The number of aryl methyl sites for hydroxylation is 3. The lowest BCUT2D eigenvalue weighted by Crippen LogP contribution is -2.54. The Labute approximate surface area is 235 Å². The van der Waals surface area contributed by atoms with Crippen molar-refractivity contribution in [2.24, 2.45) is 0 Å². The van der Waals surface area contributed by atoms with Gasteiger partial charge >= 0.3 is 6.03 Å². The number of rotatable bonds is 6. The molecule has 1 N–H and O–H groups in total. The molecule has 0 aliphatic carbocycles. The third-order valence-electron chi connectivity index (χ3n) is 6.61. The van der Waals surface area contributed by atoms with E-state index < -0.39 is 6.04 Å². The minimum absolute atomic E-state index is 0.109. The lowest BCUT2D eigenvalue weighted by molar-refractivity contribution is -0.121. The van der Waals surface area contributed by atoms with E-state index in [4.69, 9.17) is 16.3 Å². The SMILES string of the molecule is Cc1cc(Oc2ccc(CN(C)C(=O)NC3CCCN(c4c(C)cc(Br)cc4C)C3=O)c(Cl)c2)ccc1F. The molecule has 0 saturated carbocycles. The summed E-state index contributed by atoms with van der Waals surface area (Å²) in [6.07, 6.45) is 1.37. The first-order valence-electron chi connectivity index (χ1n) is 12.4. The van der Waals surface area contributed by atoms with Gasteiger partial charge in [0.25, 0.3) is 0 Å². The number of hydrogen-bond donors (Lipinski definition) is 1. The fourth-order valence-electron chi connectivity index (χ4n) is 4.68. The van der Waals surface area contributed by atoms with Crippen molar-refractivity contribution < 1.29 is 18.7 Å². The van der Waals surface area contributed by atoms with Crippen LogP contribution in [0.3, 0.4) is 0 Å². The largest absolute Gasteiger partial charge is 0.457 e. The lowest BCUT2D eigenvalue weighted by atomic mass is 10.0. The number of urea groups is 1. The van der Waals surface area contributed by atoms with Gasteiger partial charge < -0.3 is 19.9 Å². The number of anilines is 1. The Morgan fingerprint density at radius 2 is 1.76 bits per heavy atom. The van der Waals surface area contributed by atoms with Gasteiger partial charge in [-0.15, -0.1) is 0 Å². The van der Waals surface area contributed by atoms with E-state index in [9.17, 15) is 14.0 Å². The minimum atomic E-state index is -0.605. The average Bonchev–Trinajstić information content (AvgIpc) is 2.84. The van der Waals surface area contributed by atoms with Crippen LogP contribution in [0.25, 0.3) is 0 Å². The monoisotopic (exact) mass is 601 g/mol. The number of hydrogen-bond acceptors (Lipinski definition) is 3. The zero-order chi connectivity index (χ0) is 27.6. The third kappa shape index (κ3) is 6.30. The van der Waals surface area contributed by atoms with Crippen LogP contribution in [0.15, 0.2) is 53.0 Å². The summed E-state index contributed by atoms with van der Waals surface area (Å²) >= 11 is 9.99. The number of carbonyl (C=O) groups is 2. The van der Waals surface area contributed by atoms with E-state index >= 15 is 0 Å². The van der Waals surface area contributed by atoms with Crippen LogP contribution in [0.5, 0.6) is 11.5 Å². The van der Waals surface area contributed by atoms with Crippen LogP contribution >= 0.6 is 27.5 Å². The highest BCUT2D eigenvalue weighted by atomic mass is 79.9. The van der Waals surface area contributed by atoms with Crippen LogP contribution in [0.1, 0.15) is 35.1 Å². The highest BCUT2D eigenvalue weighted by Crippen LogP contribution is 2.32. The molecule has 3 amide bonds. The number of amides is 3. The first-order valence-corrected chi connectivity index (χ1v) is 13.5. The molecule has 38 heavy (non-hydrogen) atoms. The lowest BCUT2D eigenvalue weighted by Gasteiger charge is -2.35. The molecule has 3 aromatic carbocycles. The van der Waals surface area contributed by atoms with E-state index in [1.54, 1.807) is 49.2 Å². The summed E-state index contributed by atoms with van der Waals surface area (Å²) < 4.78 is 20.3. The molecule has 1 fully saturated rings. The average molecular weight is 603 g/mol. The second-order valence-corrected chi connectivity index (χ2v) is 11.0. The maximum atomic E-state index is 13.5. The molecule has 1 heterocycles. The van der Waals surface area contributed by atoms with Crippen LogP contribution in [0.4, 0.5) is 14.9 Å². The van der Waals surface area contributed by atoms with Crippen molar-refractivity contribution in [1.82, 2.24) is 10.2 Å². The van der Waals surface area contributed by atoms with Gasteiger partial charge in [-0.05, 0) is 98.3 Å². The van der Waals surface area contributed by atoms with E-state index in [-0.39, 0.29) is 24.3 Å². The van der Waals surface area contributed by atoms with Crippen molar-refractivity contribution in [3.8, 4) is 11.5 Å². The van der Waals surface area contributed by atoms with Crippen LogP contribution in [0.2, 0.25) is 5.02 Å². The summed E-state index contributed by atoms with van der Waals surface area (Å²) in [7, 11) is 1.66. The molecule has 1 unspecified atom stereocenters. The van der Waals surface area contributed by atoms with Gasteiger partial charge in [-0.25, -0.2) is 9.18 Å².